The number of carbonyl (C=O) groups excluding carboxylic acids is 1. The fourth-order valence-corrected chi connectivity index (χ4v) is 3.23. The van der Waals surface area contributed by atoms with E-state index < -0.39 is 5.60 Å². The highest BCUT2D eigenvalue weighted by Crippen LogP contribution is 2.30. The van der Waals surface area contributed by atoms with Crippen molar-refractivity contribution in [2.24, 2.45) is 5.73 Å². The molecule has 4 heteroatoms. The molecular formula is C18H36N2O2. The number of hydrogen-bond donors (Lipinski definition) is 2. The van der Waals surface area contributed by atoms with Crippen LogP contribution in [-0.4, -0.2) is 23.3 Å². The Kier molecular flexibility index (Phi) is 7.67. The minimum atomic E-state index is -0.435. The zero-order valence-corrected chi connectivity index (χ0v) is 15.0. The summed E-state index contributed by atoms with van der Waals surface area (Å²) in [4.78, 5) is 11.8. The van der Waals surface area contributed by atoms with Gasteiger partial charge in [-0.25, -0.2) is 4.79 Å². The summed E-state index contributed by atoms with van der Waals surface area (Å²) in [6, 6.07) is 0.204. The number of nitrogens with two attached hydrogens (primary N) is 1. The Morgan fingerprint density at radius 2 is 1.86 bits per heavy atom. The van der Waals surface area contributed by atoms with E-state index in [9.17, 15) is 4.79 Å². The van der Waals surface area contributed by atoms with E-state index in [-0.39, 0.29) is 17.7 Å². The maximum Gasteiger partial charge on any atom is 0.407 e. The van der Waals surface area contributed by atoms with E-state index in [1.54, 1.807) is 0 Å². The third-order valence-electron chi connectivity index (χ3n) is 4.54. The van der Waals surface area contributed by atoms with Crippen LogP contribution in [0.2, 0.25) is 0 Å². The van der Waals surface area contributed by atoms with Crippen molar-refractivity contribution in [2.75, 3.05) is 0 Å². The fourth-order valence-electron chi connectivity index (χ4n) is 3.23. The molecule has 1 aliphatic rings. The second-order valence-corrected chi connectivity index (χ2v) is 7.92. The van der Waals surface area contributed by atoms with E-state index >= 15 is 0 Å². The van der Waals surface area contributed by atoms with Crippen molar-refractivity contribution in [3.05, 3.63) is 0 Å². The van der Waals surface area contributed by atoms with Gasteiger partial charge < -0.3 is 15.8 Å². The van der Waals surface area contributed by atoms with Crippen LogP contribution in [0.25, 0.3) is 0 Å². The van der Waals surface area contributed by atoms with Gasteiger partial charge in [0.15, 0.2) is 0 Å². The van der Waals surface area contributed by atoms with Gasteiger partial charge in [0.2, 0.25) is 0 Å². The lowest BCUT2D eigenvalue weighted by Crippen LogP contribution is -2.41. The highest BCUT2D eigenvalue weighted by molar-refractivity contribution is 5.68. The minimum Gasteiger partial charge on any atom is -0.444 e. The molecule has 1 amide bonds. The second kappa shape index (κ2) is 8.76. The molecule has 3 N–H and O–H groups in total. The highest BCUT2D eigenvalue weighted by Gasteiger charge is 2.26. The summed E-state index contributed by atoms with van der Waals surface area (Å²) in [5, 5.41) is 2.98. The molecule has 0 aromatic rings. The SMILES string of the molecule is CCC(CCCCC1(N)CCCCC1)NC(=O)OC(C)(C)C. The van der Waals surface area contributed by atoms with E-state index in [1.807, 2.05) is 20.8 Å². The summed E-state index contributed by atoms with van der Waals surface area (Å²) in [5.41, 5.74) is 6.12. The lowest BCUT2D eigenvalue weighted by Gasteiger charge is -2.33. The molecule has 0 spiro atoms. The molecule has 1 atom stereocenters. The Morgan fingerprint density at radius 3 is 2.41 bits per heavy atom. The van der Waals surface area contributed by atoms with Gasteiger partial charge in [-0.05, 0) is 52.9 Å². The average molecular weight is 312 g/mol. The average Bonchev–Trinajstić information content (AvgIpc) is 2.41. The number of nitrogens with one attached hydrogen (secondary N) is 1. The summed E-state index contributed by atoms with van der Waals surface area (Å²) in [5.74, 6) is 0. The van der Waals surface area contributed by atoms with Crippen LogP contribution >= 0.6 is 0 Å². The molecule has 1 unspecified atom stereocenters. The van der Waals surface area contributed by atoms with Crippen molar-refractivity contribution < 1.29 is 9.53 Å². The second-order valence-electron chi connectivity index (χ2n) is 7.92. The summed E-state index contributed by atoms with van der Waals surface area (Å²) < 4.78 is 5.32. The molecule has 4 nitrogen and oxygen atoms in total. The Bertz CT molecular complexity index is 330. The third-order valence-corrected chi connectivity index (χ3v) is 4.54. The van der Waals surface area contributed by atoms with Gasteiger partial charge in [0.1, 0.15) is 5.60 Å². The molecule has 0 aromatic heterocycles. The van der Waals surface area contributed by atoms with Gasteiger partial charge in [-0.1, -0.05) is 39.0 Å². The summed E-state index contributed by atoms with van der Waals surface area (Å²) in [6.07, 6.45) is 11.3. The van der Waals surface area contributed by atoms with Crippen molar-refractivity contribution in [2.45, 2.75) is 109 Å². The van der Waals surface area contributed by atoms with Crippen LogP contribution in [0.3, 0.4) is 0 Å². The van der Waals surface area contributed by atoms with Crippen LogP contribution in [0.1, 0.15) is 91.9 Å². The van der Waals surface area contributed by atoms with E-state index in [4.69, 9.17) is 10.5 Å². The van der Waals surface area contributed by atoms with Gasteiger partial charge >= 0.3 is 6.09 Å². The number of hydrogen-bond acceptors (Lipinski definition) is 3. The Balaban J connectivity index is 2.22. The van der Waals surface area contributed by atoms with Crippen molar-refractivity contribution in [1.82, 2.24) is 5.32 Å². The number of ether oxygens (including phenoxy) is 1. The molecule has 0 aliphatic heterocycles. The van der Waals surface area contributed by atoms with Crippen LogP contribution in [0, 0.1) is 0 Å². The van der Waals surface area contributed by atoms with Gasteiger partial charge in [0.05, 0.1) is 0 Å². The largest absolute Gasteiger partial charge is 0.444 e. The first-order valence-electron chi connectivity index (χ1n) is 9.02. The molecule has 1 aliphatic carbocycles. The van der Waals surface area contributed by atoms with Gasteiger partial charge in [-0.15, -0.1) is 0 Å². The standard InChI is InChI=1S/C18H36N2O2/c1-5-15(20-16(21)22-17(2,3)4)11-7-10-14-18(19)12-8-6-9-13-18/h15H,5-14,19H2,1-4H3,(H,20,21). The first-order chi connectivity index (χ1) is 10.2. The topological polar surface area (TPSA) is 64.3 Å². The summed E-state index contributed by atoms with van der Waals surface area (Å²) in [7, 11) is 0. The third kappa shape index (κ3) is 8.02. The van der Waals surface area contributed by atoms with E-state index in [1.165, 1.54) is 32.1 Å². The van der Waals surface area contributed by atoms with Crippen molar-refractivity contribution in [3.63, 3.8) is 0 Å². The molecule has 0 bridgehead atoms. The molecule has 0 saturated heterocycles. The van der Waals surface area contributed by atoms with E-state index in [2.05, 4.69) is 12.2 Å². The minimum absolute atomic E-state index is 0.0819. The zero-order chi connectivity index (χ0) is 16.6. The molecule has 0 radical (unpaired) electrons. The first-order valence-corrected chi connectivity index (χ1v) is 9.02. The number of unbranched alkanes of at least 4 members (excludes halogenated alkanes) is 1. The molecule has 1 saturated carbocycles. The van der Waals surface area contributed by atoms with Gasteiger partial charge in [0, 0.05) is 11.6 Å². The van der Waals surface area contributed by atoms with Gasteiger partial charge in [0.25, 0.3) is 0 Å². The number of amides is 1. The monoisotopic (exact) mass is 312 g/mol. The first kappa shape index (κ1) is 19.3. The van der Waals surface area contributed by atoms with Crippen LogP contribution in [0.4, 0.5) is 4.79 Å². The normalized spacial score (nSPS) is 19.5. The van der Waals surface area contributed by atoms with Crippen LogP contribution < -0.4 is 11.1 Å². The molecule has 130 valence electrons. The lowest BCUT2D eigenvalue weighted by atomic mass is 9.79. The summed E-state index contributed by atoms with van der Waals surface area (Å²) >= 11 is 0. The molecule has 1 fully saturated rings. The predicted molar refractivity (Wildman–Crippen MR) is 91.9 cm³/mol. The molecule has 0 heterocycles. The Labute approximate surface area is 136 Å². The smallest absolute Gasteiger partial charge is 0.407 e. The van der Waals surface area contributed by atoms with Crippen molar-refractivity contribution >= 4 is 6.09 Å². The van der Waals surface area contributed by atoms with Crippen LogP contribution in [-0.2, 0) is 4.74 Å². The van der Waals surface area contributed by atoms with E-state index in [0.29, 0.717) is 0 Å². The predicted octanol–water partition coefficient (Wildman–Crippen LogP) is 4.51. The molecule has 22 heavy (non-hydrogen) atoms. The van der Waals surface area contributed by atoms with Crippen LogP contribution in [0.5, 0.6) is 0 Å². The van der Waals surface area contributed by atoms with Gasteiger partial charge in [-0.3, -0.25) is 0 Å². The number of rotatable bonds is 7. The number of carbonyl (C=O) groups is 1. The van der Waals surface area contributed by atoms with E-state index in [0.717, 1.165) is 32.1 Å². The zero-order valence-electron chi connectivity index (χ0n) is 15.0. The number of alkyl carbamates (subject to hydrolysis) is 1. The molecular weight excluding hydrogens is 276 g/mol. The summed E-state index contributed by atoms with van der Waals surface area (Å²) in [6.45, 7) is 7.77. The maximum atomic E-state index is 11.8. The molecule has 0 aromatic carbocycles. The maximum absolute atomic E-state index is 11.8. The fraction of sp³-hybridized carbons (Fsp3) is 0.944. The molecule has 1 rings (SSSR count). The van der Waals surface area contributed by atoms with Crippen molar-refractivity contribution in [1.29, 1.82) is 0 Å². The van der Waals surface area contributed by atoms with Crippen LogP contribution in [0.15, 0.2) is 0 Å². The quantitative estimate of drug-likeness (QED) is 0.680. The Hall–Kier alpha value is -0.770. The van der Waals surface area contributed by atoms with Crippen molar-refractivity contribution in [3.8, 4) is 0 Å². The Morgan fingerprint density at radius 1 is 1.23 bits per heavy atom. The highest BCUT2D eigenvalue weighted by atomic mass is 16.6. The lowest BCUT2D eigenvalue weighted by molar-refractivity contribution is 0.0499. The van der Waals surface area contributed by atoms with Gasteiger partial charge in [-0.2, -0.15) is 0 Å².